The molecule has 0 radical (unpaired) electrons. The normalized spacial score (nSPS) is 17.0. The molecule has 0 atom stereocenters. The van der Waals surface area contributed by atoms with E-state index in [9.17, 15) is 4.79 Å². The first-order valence-electron chi connectivity index (χ1n) is 6.23. The van der Waals surface area contributed by atoms with Gasteiger partial charge in [-0.25, -0.2) is 0 Å². The van der Waals surface area contributed by atoms with E-state index in [2.05, 4.69) is 6.07 Å². The molecule has 0 unspecified atom stereocenters. The van der Waals surface area contributed by atoms with Gasteiger partial charge in [0.25, 0.3) is 0 Å². The van der Waals surface area contributed by atoms with Crippen LogP contribution in [-0.2, 0) is 4.74 Å². The third-order valence-electron chi connectivity index (χ3n) is 3.29. The second-order valence-corrected chi connectivity index (χ2v) is 4.44. The van der Waals surface area contributed by atoms with Gasteiger partial charge >= 0.3 is 0 Å². The summed E-state index contributed by atoms with van der Waals surface area (Å²) in [5.74, 6) is 0.622. The van der Waals surface area contributed by atoms with Crippen molar-refractivity contribution in [2.24, 2.45) is 5.73 Å². The highest BCUT2D eigenvalue weighted by Crippen LogP contribution is 2.29. The summed E-state index contributed by atoms with van der Waals surface area (Å²) in [4.78, 5) is 12.0. The number of benzene rings is 1. The van der Waals surface area contributed by atoms with Crippen molar-refractivity contribution in [3.63, 3.8) is 0 Å². The van der Waals surface area contributed by atoms with E-state index >= 15 is 0 Å². The number of hydrogen-bond acceptors (Lipinski definition) is 3. The lowest BCUT2D eigenvalue weighted by atomic mass is 9.86. The van der Waals surface area contributed by atoms with Crippen LogP contribution in [0.1, 0.15) is 41.1 Å². The van der Waals surface area contributed by atoms with E-state index in [0.717, 1.165) is 31.6 Å². The topological polar surface area (TPSA) is 52.3 Å². The van der Waals surface area contributed by atoms with Crippen LogP contribution in [0.4, 0.5) is 0 Å². The van der Waals surface area contributed by atoms with Crippen LogP contribution in [0.15, 0.2) is 24.3 Å². The summed E-state index contributed by atoms with van der Waals surface area (Å²) in [7, 11) is 0. The average Bonchev–Trinajstić information content (AvgIpc) is 2.40. The van der Waals surface area contributed by atoms with Crippen molar-refractivity contribution in [1.82, 2.24) is 0 Å². The van der Waals surface area contributed by atoms with Gasteiger partial charge in [0.2, 0.25) is 0 Å². The van der Waals surface area contributed by atoms with Crippen LogP contribution in [0, 0.1) is 0 Å². The highest BCUT2D eigenvalue weighted by molar-refractivity contribution is 5.97. The van der Waals surface area contributed by atoms with Crippen molar-refractivity contribution in [2.75, 3.05) is 19.8 Å². The zero-order valence-electron chi connectivity index (χ0n) is 10.0. The van der Waals surface area contributed by atoms with Crippen LogP contribution in [0.2, 0.25) is 0 Å². The largest absolute Gasteiger partial charge is 0.381 e. The molecule has 0 saturated carbocycles. The summed E-state index contributed by atoms with van der Waals surface area (Å²) in [6.45, 7) is 2.01. The summed E-state index contributed by atoms with van der Waals surface area (Å²) in [5, 5.41) is 0. The monoisotopic (exact) mass is 233 g/mol. The van der Waals surface area contributed by atoms with Crippen LogP contribution in [0.3, 0.4) is 0 Å². The molecular weight excluding hydrogens is 214 g/mol. The summed E-state index contributed by atoms with van der Waals surface area (Å²) in [5.41, 5.74) is 7.48. The number of ketones is 1. The van der Waals surface area contributed by atoms with Gasteiger partial charge in [-0.05, 0) is 30.9 Å². The summed E-state index contributed by atoms with van der Waals surface area (Å²) in [6.07, 6.45) is 2.44. The molecule has 1 fully saturated rings. The first kappa shape index (κ1) is 12.3. The minimum Gasteiger partial charge on any atom is -0.381 e. The molecule has 1 aromatic carbocycles. The second-order valence-electron chi connectivity index (χ2n) is 4.44. The lowest BCUT2D eigenvalue weighted by Crippen LogP contribution is -2.17. The van der Waals surface area contributed by atoms with Gasteiger partial charge in [0.15, 0.2) is 5.78 Å². The summed E-state index contributed by atoms with van der Waals surface area (Å²) < 4.78 is 5.36. The van der Waals surface area contributed by atoms with Gasteiger partial charge in [-0.2, -0.15) is 0 Å². The SMILES string of the molecule is NCCC(=O)c1ccccc1C1CCOCC1. The third-order valence-corrected chi connectivity index (χ3v) is 3.29. The number of hydrogen-bond donors (Lipinski definition) is 1. The Labute approximate surface area is 102 Å². The van der Waals surface area contributed by atoms with Crippen LogP contribution < -0.4 is 5.73 Å². The lowest BCUT2D eigenvalue weighted by Gasteiger charge is -2.24. The van der Waals surface area contributed by atoms with Crippen molar-refractivity contribution in [3.8, 4) is 0 Å². The zero-order chi connectivity index (χ0) is 12.1. The molecule has 3 heteroatoms. The number of rotatable bonds is 4. The van der Waals surface area contributed by atoms with E-state index < -0.39 is 0 Å². The van der Waals surface area contributed by atoms with E-state index in [0.29, 0.717) is 18.9 Å². The molecule has 2 rings (SSSR count). The second kappa shape index (κ2) is 5.94. The van der Waals surface area contributed by atoms with Gasteiger partial charge in [0.1, 0.15) is 0 Å². The summed E-state index contributed by atoms with van der Waals surface area (Å²) in [6, 6.07) is 7.92. The van der Waals surface area contributed by atoms with Gasteiger partial charge in [-0.3, -0.25) is 4.79 Å². The third kappa shape index (κ3) is 2.93. The quantitative estimate of drug-likeness (QED) is 0.810. The van der Waals surface area contributed by atoms with E-state index in [1.165, 1.54) is 5.56 Å². The first-order chi connectivity index (χ1) is 8.33. The Balaban J connectivity index is 2.23. The maximum absolute atomic E-state index is 12.0. The highest BCUT2D eigenvalue weighted by Gasteiger charge is 2.20. The smallest absolute Gasteiger partial charge is 0.164 e. The fourth-order valence-electron chi connectivity index (χ4n) is 2.38. The number of nitrogens with two attached hydrogens (primary N) is 1. The van der Waals surface area contributed by atoms with E-state index in [1.54, 1.807) is 0 Å². The molecule has 0 spiro atoms. The Hall–Kier alpha value is -1.19. The Kier molecular flexibility index (Phi) is 4.29. The molecule has 0 amide bonds. The number of ether oxygens (including phenoxy) is 1. The van der Waals surface area contributed by atoms with Crippen LogP contribution in [0.5, 0.6) is 0 Å². The van der Waals surface area contributed by atoms with Crippen LogP contribution in [0.25, 0.3) is 0 Å². The molecule has 1 aliphatic rings. The van der Waals surface area contributed by atoms with Crippen molar-refractivity contribution in [3.05, 3.63) is 35.4 Å². The van der Waals surface area contributed by atoms with Gasteiger partial charge in [-0.1, -0.05) is 24.3 Å². The molecule has 92 valence electrons. The molecule has 1 saturated heterocycles. The molecule has 0 aromatic heterocycles. The molecular formula is C14H19NO2. The lowest BCUT2D eigenvalue weighted by molar-refractivity contribution is 0.0844. The predicted octanol–water partition coefficient (Wildman–Crippen LogP) is 2.11. The Morgan fingerprint density at radius 3 is 2.71 bits per heavy atom. The Morgan fingerprint density at radius 1 is 1.29 bits per heavy atom. The van der Waals surface area contributed by atoms with Crippen LogP contribution in [-0.4, -0.2) is 25.5 Å². The van der Waals surface area contributed by atoms with E-state index in [4.69, 9.17) is 10.5 Å². The van der Waals surface area contributed by atoms with Crippen molar-refractivity contribution >= 4 is 5.78 Å². The molecule has 2 N–H and O–H groups in total. The Morgan fingerprint density at radius 2 is 2.00 bits per heavy atom. The first-order valence-corrected chi connectivity index (χ1v) is 6.23. The van der Waals surface area contributed by atoms with Crippen molar-refractivity contribution in [1.29, 1.82) is 0 Å². The van der Waals surface area contributed by atoms with Crippen molar-refractivity contribution < 1.29 is 9.53 Å². The standard InChI is InChI=1S/C14H19NO2/c15-8-5-14(16)13-4-2-1-3-12(13)11-6-9-17-10-7-11/h1-4,11H,5-10,15H2. The maximum Gasteiger partial charge on any atom is 0.164 e. The fourth-order valence-corrected chi connectivity index (χ4v) is 2.38. The van der Waals surface area contributed by atoms with E-state index in [-0.39, 0.29) is 5.78 Å². The molecule has 17 heavy (non-hydrogen) atoms. The van der Waals surface area contributed by atoms with Gasteiger partial charge < -0.3 is 10.5 Å². The van der Waals surface area contributed by atoms with E-state index in [1.807, 2.05) is 18.2 Å². The molecule has 3 nitrogen and oxygen atoms in total. The number of carbonyl (C=O) groups excluding carboxylic acids is 1. The summed E-state index contributed by atoms with van der Waals surface area (Å²) >= 11 is 0. The van der Waals surface area contributed by atoms with Crippen LogP contribution >= 0.6 is 0 Å². The fraction of sp³-hybridized carbons (Fsp3) is 0.500. The molecule has 1 aromatic rings. The highest BCUT2D eigenvalue weighted by atomic mass is 16.5. The minimum atomic E-state index is 0.162. The molecule has 1 heterocycles. The molecule has 0 bridgehead atoms. The molecule has 0 aliphatic carbocycles. The number of Topliss-reactive ketones (excluding diaryl/α,β-unsaturated/α-hetero) is 1. The minimum absolute atomic E-state index is 0.162. The number of carbonyl (C=O) groups is 1. The van der Waals surface area contributed by atoms with Crippen molar-refractivity contribution in [2.45, 2.75) is 25.2 Å². The average molecular weight is 233 g/mol. The van der Waals surface area contributed by atoms with Gasteiger partial charge in [-0.15, -0.1) is 0 Å². The zero-order valence-corrected chi connectivity index (χ0v) is 10.0. The Bertz CT molecular complexity index is 384. The predicted molar refractivity (Wildman–Crippen MR) is 67.2 cm³/mol. The van der Waals surface area contributed by atoms with Gasteiger partial charge in [0, 0.05) is 25.2 Å². The van der Waals surface area contributed by atoms with Gasteiger partial charge in [0.05, 0.1) is 0 Å². The maximum atomic E-state index is 12.0. The molecule has 1 aliphatic heterocycles.